The first-order chi connectivity index (χ1) is 5.22. The van der Waals surface area contributed by atoms with Crippen molar-refractivity contribution in [3.05, 3.63) is 22.3 Å². The Bertz CT molecular complexity index is 224. The quantitative estimate of drug-likeness (QED) is 0.325. The number of allylic oxidation sites excluding steroid dienone is 1. The molecule has 0 aliphatic heterocycles. The van der Waals surface area contributed by atoms with E-state index in [1.165, 1.54) is 0 Å². The highest BCUT2D eigenvalue weighted by Crippen LogP contribution is 2.52. The van der Waals surface area contributed by atoms with Crippen molar-refractivity contribution < 1.29 is 4.92 Å². The highest BCUT2D eigenvalue weighted by atomic mass is 16.6. The van der Waals surface area contributed by atoms with E-state index in [4.69, 9.17) is 0 Å². The molecule has 2 aliphatic carbocycles. The lowest BCUT2D eigenvalue weighted by Crippen LogP contribution is -2.23. The summed E-state index contributed by atoms with van der Waals surface area (Å²) in [7, 11) is 0. The molecule has 0 radical (unpaired) electrons. The molecule has 4 atom stereocenters. The Hall–Kier alpha value is -0.860. The van der Waals surface area contributed by atoms with E-state index in [2.05, 4.69) is 13.0 Å². The number of hydrogen-bond donors (Lipinski definition) is 0. The summed E-state index contributed by atoms with van der Waals surface area (Å²) in [4.78, 5) is 10.4. The first-order valence-corrected chi connectivity index (χ1v) is 4.02. The fourth-order valence-electron chi connectivity index (χ4n) is 2.20. The Kier molecular flexibility index (Phi) is 1.28. The van der Waals surface area contributed by atoms with Crippen LogP contribution in [-0.4, -0.2) is 11.0 Å². The molecule has 0 aromatic rings. The molecular weight excluding hydrogens is 142 g/mol. The molecule has 3 heteroatoms. The highest BCUT2D eigenvalue weighted by molar-refractivity contribution is 5.14. The van der Waals surface area contributed by atoms with Crippen LogP contribution in [0.4, 0.5) is 0 Å². The van der Waals surface area contributed by atoms with Crippen molar-refractivity contribution in [3.8, 4) is 0 Å². The van der Waals surface area contributed by atoms with Crippen molar-refractivity contribution in [2.24, 2.45) is 17.8 Å². The average molecular weight is 153 g/mol. The van der Waals surface area contributed by atoms with E-state index in [1.54, 1.807) is 0 Å². The number of nitrogens with zero attached hydrogens (tertiary/aromatic N) is 1. The van der Waals surface area contributed by atoms with Crippen LogP contribution in [0.5, 0.6) is 0 Å². The monoisotopic (exact) mass is 153 g/mol. The minimum atomic E-state index is -0.292. The van der Waals surface area contributed by atoms with Gasteiger partial charge in [-0.3, -0.25) is 10.1 Å². The third-order valence-corrected chi connectivity index (χ3v) is 2.97. The third kappa shape index (κ3) is 0.870. The first-order valence-electron chi connectivity index (χ1n) is 4.02. The summed E-state index contributed by atoms with van der Waals surface area (Å²) < 4.78 is 0. The number of fused-ring (bicyclic) bond motifs is 1. The summed E-state index contributed by atoms with van der Waals surface area (Å²) in [5, 5.41) is 10.5. The predicted octanol–water partition coefficient (Wildman–Crippen LogP) is 1.47. The molecule has 1 fully saturated rings. The summed E-state index contributed by atoms with van der Waals surface area (Å²) >= 11 is 0. The average Bonchev–Trinajstić information content (AvgIpc) is 2.63. The van der Waals surface area contributed by atoms with Gasteiger partial charge >= 0.3 is 0 Å². The molecule has 1 saturated carbocycles. The van der Waals surface area contributed by atoms with Crippen molar-refractivity contribution in [1.29, 1.82) is 0 Å². The van der Waals surface area contributed by atoms with Crippen molar-refractivity contribution in [2.45, 2.75) is 19.4 Å². The lowest BCUT2D eigenvalue weighted by molar-refractivity contribution is -0.527. The van der Waals surface area contributed by atoms with Gasteiger partial charge in [0.15, 0.2) is 0 Å². The summed E-state index contributed by atoms with van der Waals surface area (Å²) in [6, 6.07) is -0.292. The van der Waals surface area contributed by atoms with E-state index in [-0.39, 0.29) is 11.0 Å². The number of nitro groups is 1. The Labute approximate surface area is 65.2 Å². The van der Waals surface area contributed by atoms with Crippen LogP contribution >= 0.6 is 0 Å². The molecule has 0 N–H and O–H groups in total. The van der Waals surface area contributed by atoms with E-state index >= 15 is 0 Å². The molecule has 2 aliphatic rings. The second kappa shape index (κ2) is 2.06. The standard InChI is InChI=1S/C8H11NO2/c1-5-6-3-2-4-7(8(5)6)9(10)11/h2-3,5-8H,4H2,1H3. The van der Waals surface area contributed by atoms with Crippen LogP contribution in [0.3, 0.4) is 0 Å². The van der Waals surface area contributed by atoms with Gasteiger partial charge in [-0.05, 0) is 11.8 Å². The summed E-state index contributed by atoms with van der Waals surface area (Å²) in [6.45, 7) is 2.10. The zero-order valence-electron chi connectivity index (χ0n) is 6.43. The smallest absolute Gasteiger partial charge is 0.220 e. The number of rotatable bonds is 1. The van der Waals surface area contributed by atoms with Gasteiger partial charge in [-0.2, -0.15) is 0 Å². The second-order valence-corrected chi connectivity index (χ2v) is 3.53. The van der Waals surface area contributed by atoms with E-state index in [0.717, 1.165) is 0 Å². The van der Waals surface area contributed by atoms with Crippen LogP contribution in [0.1, 0.15) is 13.3 Å². The zero-order chi connectivity index (χ0) is 8.01. The van der Waals surface area contributed by atoms with E-state index in [0.29, 0.717) is 24.2 Å². The number of hydrogen-bond acceptors (Lipinski definition) is 2. The molecule has 4 unspecified atom stereocenters. The fraction of sp³-hybridized carbons (Fsp3) is 0.750. The fourth-order valence-corrected chi connectivity index (χ4v) is 2.20. The molecule has 0 saturated heterocycles. The minimum Gasteiger partial charge on any atom is -0.264 e. The van der Waals surface area contributed by atoms with Crippen LogP contribution in [0, 0.1) is 27.9 Å². The van der Waals surface area contributed by atoms with Gasteiger partial charge in [0.25, 0.3) is 0 Å². The van der Waals surface area contributed by atoms with Gasteiger partial charge in [-0.25, -0.2) is 0 Å². The highest BCUT2D eigenvalue weighted by Gasteiger charge is 2.56. The molecule has 11 heavy (non-hydrogen) atoms. The second-order valence-electron chi connectivity index (χ2n) is 3.53. The molecule has 0 aromatic heterocycles. The van der Waals surface area contributed by atoms with Crippen molar-refractivity contribution in [1.82, 2.24) is 0 Å². The first kappa shape index (κ1) is 6.83. The maximum atomic E-state index is 10.5. The lowest BCUT2D eigenvalue weighted by Gasteiger charge is -2.08. The van der Waals surface area contributed by atoms with Gasteiger partial charge < -0.3 is 0 Å². The van der Waals surface area contributed by atoms with Crippen LogP contribution in [0.15, 0.2) is 12.2 Å². The predicted molar refractivity (Wildman–Crippen MR) is 40.7 cm³/mol. The SMILES string of the molecule is CC1C2C=CCC([N+](=O)[O-])C12. The summed E-state index contributed by atoms with van der Waals surface area (Å²) in [6.07, 6.45) is 4.73. The van der Waals surface area contributed by atoms with Crippen molar-refractivity contribution in [3.63, 3.8) is 0 Å². The Morgan fingerprint density at radius 1 is 1.64 bits per heavy atom. The van der Waals surface area contributed by atoms with Crippen LogP contribution in [-0.2, 0) is 0 Å². The third-order valence-electron chi connectivity index (χ3n) is 2.97. The van der Waals surface area contributed by atoms with Gasteiger partial charge in [0.2, 0.25) is 6.04 Å². The van der Waals surface area contributed by atoms with Crippen molar-refractivity contribution in [2.75, 3.05) is 0 Å². The molecule has 60 valence electrons. The van der Waals surface area contributed by atoms with Gasteiger partial charge in [-0.15, -0.1) is 0 Å². The zero-order valence-corrected chi connectivity index (χ0v) is 6.43. The normalized spacial score (nSPS) is 46.6. The van der Waals surface area contributed by atoms with Crippen LogP contribution in [0.25, 0.3) is 0 Å². The maximum absolute atomic E-state index is 10.5. The molecule has 2 rings (SSSR count). The molecular formula is C8H11NO2. The Morgan fingerprint density at radius 2 is 2.36 bits per heavy atom. The maximum Gasteiger partial charge on any atom is 0.220 e. The summed E-state index contributed by atoms with van der Waals surface area (Å²) in [5.41, 5.74) is 0. The molecule has 0 bridgehead atoms. The van der Waals surface area contributed by atoms with Crippen LogP contribution < -0.4 is 0 Å². The summed E-state index contributed by atoms with van der Waals surface area (Å²) in [5.74, 6) is 1.40. The largest absolute Gasteiger partial charge is 0.264 e. The van der Waals surface area contributed by atoms with Gasteiger partial charge in [-0.1, -0.05) is 19.1 Å². The Morgan fingerprint density at radius 3 is 2.91 bits per heavy atom. The topological polar surface area (TPSA) is 43.1 Å². The molecule has 3 nitrogen and oxygen atoms in total. The molecule has 0 heterocycles. The molecule has 0 spiro atoms. The van der Waals surface area contributed by atoms with Crippen LogP contribution in [0.2, 0.25) is 0 Å². The minimum absolute atomic E-state index is 0.120. The van der Waals surface area contributed by atoms with Crippen molar-refractivity contribution >= 4 is 0 Å². The molecule has 0 aromatic carbocycles. The Balaban J connectivity index is 2.15. The van der Waals surface area contributed by atoms with E-state index in [1.807, 2.05) is 6.08 Å². The van der Waals surface area contributed by atoms with E-state index < -0.39 is 0 Å². The van der Waals surface area contributed by atoms with Gasteiger partial charge in [0.1, 0.15) is 0 Å². The van der Waals surface area contributed by atoms with E-state index in [9.17, 15) is 10.1 Å². The lowest BCUT2D eigenvalue weighted by atomic mass is 10.0. The van der Waals surface area contributed by atoms with Gasteiger partial charge in [0, 0.05) is 17.3 Å². The van der Waals surface area contributed by atoms with Gasteiger partial charge in [0.05, 0.1) is 0 Å². The molecule has 0 amide bonds.